The lowest BCUT2D eigenvalue weighted by Gasteiger charge is -2.45. The quantitative estimate of drug-likeness (QED) is 0.442. The molecule has 0 saturated carbocycles. The molecule has 0 aromatic carbocycles. The largest absolute Gasteiger partial charge is 0.332 e. The van der Waals surface area contributed by atoms with Crippen LogP contribution in [0.5, 0.6) is 0 Å². The monoisotopic (exact) mass is 199 g/mol. The van der Waals surface area contributed by atoms with Gasteiger partial charge in [-0.2, -0.15) is 0 Å². The molecule has 13 heavy (non-hydrogen) atoms. The molecule has 0 bridgehead atoms. The van der Waals surface area contributed by atoms with Crippen LogP contribution in [-0.2, 0) is 0 Å². The third-order valence-electron chi connectivity index (χ3n) is 3.31. The number of hydrogen-bond donors (Lipinski definition) is 0. The van der Waals surface area contributed by atoms with Crippen molar-refractivity contribution in [2.75, 3.05) is 0 Å². The molecular formula is C11H25NSi. The maximum absolute atomic E-state index is 4.81. The van der Waals surface area contributed by atoms with Gasteiger partial charge in [-0.15, -0.1) is 0 Å². The van der Waals surface area contributed by atoms with Crippen molar-refractivity contribution in [3.8, 4) is 0 Å². The minimum absolute atomic E-state index is 0.331. The smallest absolute Gasteiger partial charge is 0.188 e. The molecule has 0 atom stereocenters. The first-order valence-corrected chi connectivity index (χ1v) is 7.51. The summed E-state index contributed by atoms with van der Waals surface area (Å²) in [7, 11) is -1.58. The zero-order valence-electron chi connectivity index (χ0n) is 10.5. The molecule has 0 fully saturated rings. The van der Waals surface area contributed by atoms with E-state index in [1.54, 1.807) is 0 Å². The molecule has 1 nitrogen and oxygen atoms in total. The van der Waals surface area contributed by atoms with Gasteiger partial charge in [-0.25, -0.2) is 0 Å². The van der Waals surface area contributed by atoms with E-state index in [0.29, 0.717) is 10.1 Å². The summed E-state index contributed by atoms with van der Waals surface area (Å²) in [6.45, 7) is 18.3. The van der Waals surface area contributed by atoms with Crippen LogP contribution < -0.4 is 0 Å². The molecule has 0 amide bonds. The Bertz CT molecular complexity index is 179. The maximum atomic E-state index is 4.81. The van der Waals surface area contributed by atoms with E-state index in [1.165, 1.54) is 0 Å². The van der Waals surface area contributed by atoms with E-state index >= 15 is 0 Å². The van der Waals surface area contributed by atoms with Gasteiger partial charge in [0.1, 0.15) is 0 Å². The van der Waals surface area contributed by atoms with Gasteiger partial charge < -0.3 is 4.66 Å². The predicted octanol–water partition coefficient (Wildman–Crippen LogP) is 4.25. The number of nitrogens with zero attached hydrogens (tertiary/aromatic N) is 1. The Hall–Kier alpha value is -0.113. The van der Waals surface area contributed by atoms with Gasteiger partial charge in [0, 0.05) is 0 Å². The van der Waals surface area contributed by atoms with Crippen LogP contribution in [0.4, 0.5) is 0 Å². The molecule has 0 rings (SSSR count). The van der Waals surface area contributed by atoms with Gasteiger partial charge in [-0.3, -0.25) is 0 Å². The average molecular weight is 199 g/mol. The topological polar surface area (TPSA) is 12.4 Å². The van der Waals surface area contributed by atoms with Crippen LogP contribution in [0.25, 0.3) is 0 Å². The van der Waals surface area contributed by atoms with Gasteiger partial charge in [0.2, 0.25) is 0 Å². The highest BCUT2D eigenvalue weighted by Gasteiger charge is 2.49. The van der Waals surface area contributed by atoms with Crippen LogP contribution in [0.1, 0.15) is 48.5 Å². The van der Waals surface area contributed by atoms with E-state index in [1.807, 2.05) is 13.1 Å². The number of hydrogen-bond acceptors (Lipinski definition) is 1. The third-order valence-corrected chi connectivity index (χ3v) is 9.92. The lowest BCUT2D eigenvalue weighted by Crippen LogP contribution is -2.47. The van der Waals surface area contributed by atoms with Crippen LogP contribution in [0, 0.1) is 0 Å². The molecular weight excluding hydrogens is 174 g/mol. The van der Waals surface area contributed by atoms with E-state index in [4.69, 9.17) is 4.66 Å². The maximum Gasteiger partial charge on any atom is 0.188 e. The van der Waals surface area contributed by atoms with Gasteiger partial charge in [-0.1, -0.05) is 41.5 Å². The van der Waals surface area contributed by atoms with Crippen molar-refractivity contribution in [1.29, 1.82) is 0 Å². The van der Waals surface area contributed by atoms with Gasteiger partial charge in [0.05, 0.1) is 0 Å². The van der Waals surface area contributed by atoms with Crippen molar-refractivity contribution >= 4 is 14.5 Å². The molecule has 0 saturated heterocycles. The van der Waals surface area contributed by atoms with Gasteiger partial charge in [0.15, 0.2) is 8.24 Å². The molecule has 0 aliphatic rings. The zero-order chi connectivity index (χ0) is 10.9. The van der Waals surface area contributed by atoms with E-state index in [-0.39, 0.29) is 0 Å². The van der Waals surface area contributed by atoms with E-state index < -0.39 is 8.24 Å². The van der Waals surface area contributed by atoms with Crippen LogP contribution in [0.3, 0.4) is 0 Å². The molecule has 0 aliphatic heterocycles. The van der Waals surface area contributed by atoms with Crippen molar-refractivity contribution < 1.29 is 0 Å². The summed E-state index contributed by atoms with van der Waals surface area (Å²) >= 11 is 0. The Morgan fingerprint density at radius 3 is 1.31 bits per heavy atom. The standard InChI is InChI=1S/C11H25NSi/c1-9-12-13(8,10(2,3)4)11(5,6)7/h9H,1-8H3. The first kappa shape index (κ1) is 12.9. The minimum atomic E-state index is -1.58. The lowest BCUT2D eigenvalue weighted by molar-refractivity contribution is 0.615. The normalized spacial score (nSPS) is 15.4. The van der Waals surface area contributed by atoms with Crippen molar-refractivity contribution in [2.24, 2.45) is 4.66 Å². The SMILES string of the molecule is CC=N[Si](C)(C(C)(C)C)C(C)(C)C. The van der Waals surface area contributed by atoms with E-state index in [0.717, 1.165) is 0 Å². The molecule has 0 aliphatic carbocycles. The highest BCUT2D eigenvalue weighted by Crippen LogP contribution is 2.51. The molecule has 0 N–H and O–H groups in total. The van der Waals surface area contributed by atoms with Crippen molar-refractivity contribution in [3.63, 3.8) is 0 Å². The third kappa shape index (κ3) is 2.43. The Morgan fingerprint density at radius 1 is 0.923 bits per heavy atom. The minimum Gasteiger partial charge on any atom is -0.332 e. The Balaban J connectivity index is 5.21. The molecule has 0 aromatic heterocycles. The first-order chi connectivity index (χ1) is 5.56. The highest BCUT2D eigenvalue weighted by molar-refractivity contribution is 6.83. The molecule has 0 radical (unpaired) electrons. The fourth-order valence-corrected chi connectivity index (χ4v) is 5.31. The highest BCUT2D eigenvalue weighted by atomic mass is 28.3. The average Bonchev–Trinajstić information content (AvgIpc) is 1.82. The number of rotatable bonds is 1. The summed E-state index contributed by atoms with van der Waals surface area (Å²) in [5.74, 6) is 0. The van der Waals surface area contributed by atoms with Crippen LogP contribution in [0.2, 0.25) is 16.6 Å². The zero-order valence-corrected chi connectivity index (χ0v) is 11.5. The van der Waals surface area contributed by atoms with E-state index in [9.17, 15) is 0 Å². The predicted molar refractivity (Wildman–Crippen MR) is 65.2 cm³/mol. The second-order valence-electron chi connectivity index (χ2n) is 5.96. The molecule has 0 heterocycles. The van der Waals surface area contributed by atoms with Crippen LogP contribution in [-0.4, -0.2) is 14.5 Å². The summed E-state index contributed by atoms with van der Waals surface area (Å²) in [6, 6.07) is 0. The molecule has 78 valence electrons. The van der Waals surface area contributed by atoms with Crippen LogP contribution in [0.15, 0.2) is 4.66 Å². The fourth-order valence-electron chi connectivity index (χ4n) is 1.77. The van der Waals surface area contributed by atoms with Crippen LogP contribution >= 0.6 is 0 Å². The lowest BCUT2D eigenvalue weighted by atomic mass is 10.2. The Morgan fingerprint density at radius 2 is 1.23 bits per heavy atom. The summed E-state index contributed by atoms with van der Waals surface area (Å²) < 4.78 is 4.81. The van der Waals surface area contributed by atoms with E-state index in [2.05, 4.69) is 48.1 Å². The summed E-state index contributed by atoms with van der Waals surface area (Å²) in [6.07, 6.45) is 1.99. The Labute approximate surface area is 84.7 Å². The van der Waals surface area contributed by atoms with Gasteiger partial charge >= 0.3 is 0 Å². The van der Waals surface area contributed by atoms with Crippen molar-refractivity contribution in [3.05, 3.63) is 0 Å². The molecule has 2 heteroatoms. The van der Waals surface area contributed by atoms with Crippen molar-refractivity contribution in [2.45, 2.75) is 65.1 Å². The summed E-state index contributed by atoms with van der Waals surface area (Å²) in [5, 5.41) is 0.662. The van der Waals surface area contributed by atoms with Crippen molar-refractivity contribution in [1.82, 2.24) is 0 Å². The molecule has 0 spiro atoms. The fraction of sp³-hybridized carbons (Fsp3) is 0.909. The molecule has 0 unspecified atom stereocenters. The van der Waals surface area contributed by atoms with Gasteiger partial charge in [0.25, 0.3) is 0 Å². The molecule has 0 aromatic rings. The van der Waals surface area contributed by atoms with Gasteiger partial charge in [-0.05, 0) is 29.8 Å². The summed E-state index contributed by atoms with van der Waals surface area (Å²) in [4.78, 5) is 0. The Kier molecular flexibility index (Phi) is 3.53. The first-order valence-electron chi connectivity index (χ1n) is 5.06. The summed E-state index contributed by atoms with van der Waals surface area (Å²) in [5.41, 5.74) is 0. The second kappa shape index (κ2) is 3.56. The second-order valence-corrected chi connectivity index (χ2v) is 11.4.